The second kappa shape index (κ2) is 6.17. The molecule has 0 saturated carbocycles. The normalized spacial score (nSPS) is 11.7. The SMILES string of the molecule is CN(C)C(C)(C)CNC(=O)c1cc(Br)cc(Br)c1. The van der Waals surface area contributed by atoms with Gasteiger partial charge in [-0.05, 0) is 46.1 Å². The fourth-order valence-electron chi connectivity index (χ4n) is 1.24. The monoisotopic (exact) mass is 376 g/mol. The van der Waals surface area contributed by atoms with Crippen molar-refractivity contribution in [3.05, 3.63) is 32.7 Å². The van der Waals surface area contributed by atoms with E-state index in [0.717, 1.165) is 8.95 Å². The highest BCUT2D eigenvalue weighted by atomic mass is 79.9. The van der Waals surface area contributed by atoms with Gasteiger partial charge in [-0.25, -0.2) is 0 Å². The van der Waals surface area contributed by atoms with E-state index in [1.807, 2.05) is 32.3 Å². The fraction of sp³-hybridized carbons (Fsp3) is 0.462. The standard InChI is InChI=1S/C13H18Br2N2O/c1-13(2,17(3)4)8-16-12(18)9-5-10(14)7-11(15)6-9/h5-7H,8H2,1-4H3,(H,16,18). The van der Waals surface area contributed by atoms with Crippen LogP contribution in [0.15, 0.2) is 27.1 Å². The Morgan fingerprint density at radius 2 is 1.72 bits per heavy atom. The summed E-state index contributed by atoms with van der Waals surface area (Å²) in [5.41, 5.74) is 0.574. The maximum atomic E-state index is 12.0. The summed E-state index contributed by atoms with van der Waals surface area (Å²) < 4.78 is 1.77. The minimum Gasteiger partial charge on any atom is -0.350 e. The van der Waals surface area contributed by atoms with E-state index in [-0.39, 0.29) is 11.4 Å². The zero-order valence-corrected chi connectivity index (χ0v) is 14.2. The Morgan fingerprint density at radius 1 is 1.22 bits per heavy atom. The topological polar surface area (TPSA) is 32.3 Å². The molecular formula is C13H18Br2N2O. The molecule has 0 radical (unpaired) electrons. The second-order valence-corrected chi connectivity index (χ2v) is 6.88. The van der Waals surface area contributed by atoms with Gasteiger partial charge in [0.15, 0.2) is 0 Å². The van der Waals surface area contributed by atoms with Gasteiger partial charge in [0.1, 0.15) is 0 Å². The molecule has 0 aliphatic heterocycles. The van der Waals surface area contributed by atoms with Crippen molar-refractivity contribution in [3.63, 3.8) is 0 Å². The Labute approximate surface area is 125 Å². The van der Waals surface area contributed by atoms with E-state index in [1.54, 1.807) is 0 Å². The number of halogens is 2. The van der Waals surface area contributed by atoms with Crippen molar-refractivity contribution in [2.75, 3.05) is 20.6 Å². The summed E-state index contributed by atoms with van der Waals surface area (Å²) in [6.45, 7) is 4.77. The molecule has 0 aromatic heterocycles. The maximum absolute atomic E-state index is 12.0. The number of benzene rings is 1. The highest BCUT2D eigenvalue weighted by Crippen LogP contribution is 2.20. The van der Waals surface area contributed by atoms with Crippen molar-refractivity contribution in [3.8, 4) is 0 Å². The summed E-state index contributed by atoms with van der Waals surface area (Å²) in [7, 11) is 4.00. The number of carbonyl (C=O) groups excluding carboxylic acids is 1. The lowest BCUT2D eigenvalue weighted by molar-refractivity contribution is 0.0919. The van der Waals surface area contributed by atoms with Gasteiger partial charge in [-0.1, -0.05) is 31.9 Å². The molecule has 0 spiro atoms. The Morgan fingerprint density at radius 3 is 2.17 bits per heavy atom. The van der Waals surface area contributed by atoms with Crippen LogP contribution in [0.4, 0.5) is 0 Å². The maximum Gasteiger partial charge on any atom is 0.251 e. The van der Waals surface area contributed by atoms with Crippen molar-refractivity contribution in [2.24, 2.45) is 0 Å². The number of nitrogens with zero attached hydrogens (tertiary/aromatic N) is 1. The minimum absolute atomic E-state index is 0.0630. The lowest BCUT2D eigenvalue weighted by Crippen LogP contribution is -2.48. The van der Waals surface area contributed by atoms with Crippen LogP contribution in [0.2, 0.25) is 0 Å². The van der Waals surface area contributed by atoms with Gasteiger partial charge in [-0.3, -0.25) is 4.79 Å². The zero-order chi connectivity index (χ0) is 13.9. The minimum atomic E-state index is -0.0705. The first-order valence-electron chi connectivity index (χ1n) is 5.64. The summed E-state index contributed by atoms with van der Waals surface area (Å²) in [5.74, 6) is -0.0630. The van der Waals surface area contributed by atoms with E-state index in [1.165, 1.54) is 0 Å². The molecule has 0 aliphatic rings. The molecule has 1 amide bonds. The van der Waals surface area contributed by atoms with Gasteiger partial charge in [0.05, 0.1) is 0 Å². The van der Waals surface area contributed by atoms with E-state index >= 15 is 0 Å². The number of likely N-dealkylation sites (N-methyl/N-ethyl adjacent to an activating group) is 1. The third-order valence-corrected chi connectivity index (χ3v) is 3.93. The van der Waals surface area contributed by atoms with E-state index in [4.69, 9.17) is 0 Å². The average Bonchev–Trinajstić information content (AvgIpc) is 2.24. The first kappa shape index (κ1) is 15.7. The number of nitrogens with one attached hydrogen (secondary N) is 1. The molecule has 1 aromatic carbocycles. The molecule has 0 unspecified atom stereocenters. The van der Waals surface area contributed by atoms with Gasteiger partial charge in [-0.15, -0.1) is 0 Å². The first-order valence-corrected chi connectivity index (χ1v) is 7.23. The number of carbonyl (C=O) groups is 1. The van der Waals surface area contributed by atoms with Gasteiger partial charge < -0.3 is 10.2 Å². The first-order chi connectivity index (χ1) is 8.22. The third-order valence-electron chi connectivity index (χ3n) is 3.02. The van der Waals surface area contributed by atoms with E-state index < -0.39 is 0 Å². The van der Waals surface area contributed by atoms with Crippen LogP contribution in [0.3, 0.4) is 0 Å². The fourth-order valence-corrected chi connectivity index (χ4v) is 2.54. The van der Waals surface area contributed by atoms with Crippen LogP contribution in [-0.4, -0.2) is 37.0 Å². The van der Waals surface area contributed by atoms with Crippen molar-refractivity contribution >= 4 is 37.8 Å². The van der Waals surface area contributed by atoms with Crippen LogP contribution in [0, 0.1) is 0 Å². The molecule has 0 atom stereocenters. The molecule has 18 heavy (non-hydrogen) atoms. The Hall–Kier alpha value is -0.390. The van der Waals surface area contributed by atoms with Gasteiger partial charge in [0, 0.05) is 26.6 Å². The van der Waals surface area contributed by atoms with E-state index in [9.17, 15) is 4.79 Å². The van der Waals surface area contributed by atoms with Crippen LogP contribution in [0.1, 0.15) is 24.2 Å². The molecule has 0 aliphatic carbocycles. The van der Waals surface area contributed by atoms with Crippen LogP contribution in [-0.2, 0) is 0 Å². The molecule has 100 valence electrons. The average molecular weight is 378 g/mol. The van der Waals surface area contributed by atoms with Crippen molar-refractivity contribution in [2.45, 2.75) is 19.4 Å². The lowest BCUT2D eigenvalue weighted by atomic mass is 10.0. The highest BCUT2D eigenvalue weighted by molar-refractivity contribution is 9.11. The van der Waals surface area contributed by atoms with Crippen molar-refractivity contribution < 1.29 is 4.79 Å². The lowest BCUT2D eigenvalue weighted by Gasteiger charge is -2.32. The van der Waals surface area contributed by atoms with Gasteiger partial charge in [0.25, 0.3) is 5.91 Å². The molecule has 0 fully saturated rings. The van der Waals surface area contributed by atoms with Gasteiger partial charge >= 0.3 is 0 Å². The van der Waals surface area contributed by atoms with Crippen LogP contribution in [0.5, 0.6) is 0 Å². The van der Waals surface area contributed by atoms with Crippen LogP contribution in [0.25, 0.3) is 0 Å². The quantitative estimate of drug-likeness (QED) is 0.873. The summed E-state index contributed by atoms with van der Waals surface area (Å²) in [6.07, 6.45) is 0. The molecule has 3 nitrogen and oxygen atoms in total. The van der Waals surface area contributed by atoms with E-state index in [0.29, 0.717) is 12.1 Å². The summed E-state index contributed by atoms with van der Waals surface area (Å²) in [4.78, 5) is 14.1. The van der Waals surface area contributed by atoms with Gasteiger partial charge in [0.2, 0.25) is 0 Å². The summed E-state index contributed by atoms with van der Waals surface area (Å²) >= 11 is 6.75. The molecule has 1 N–H and O–H groups in total. The highest BCUT2D eigenvalue weighted by Gasteiger charge is 2.21. The second-order valence-electron chi connectivity index (χ2n) is 5.05. The number of rotatable bonds is 4. The van der Waals surface area contributed by atoms with Crippen LogP contribution < -0.4 is 5.32 Å². The smallest absolute Gasteiger partial charge is 0.251 e. The summed E-state index contributed by atoms with van der Waals surface area (Å²) in [6, 6.07) is 5.52. The number of amides is 1. The van der Waals surface area contributed by atoms with E-state index in [2.05, 4.69) is 55.9 Å². The Bertz CT molecular complexity index is 424. The third kappa shape index (κ3) is 4.37. The molecular weight excluding hydrogens is 360 g/mol. The molecule has 0 saturated heterocycles. The van der Waals surface area contributed by atoms with Gasteiger partial charge in [-0.2, -0.15) is 0 Å². The largest absolute Gasteiger partial charge is 0.350 e. The molecule has 5 heteroatoms. The van der Waals surface area contributed by atoms with Crippen molar-refractivity contribution in [1.29, 1.82) is 0 Å². The Balaban J connectivity index is 2.72. The molecule has 1 aromatic rings. The molecule has 0 heterocycles. The predicted octanol–water partition coefficient (Wildman–Crippen LogP) is 3.28. The molecule has 1 rings (SSSR count). The van der Waals surface area contributed by atoms with Crippen molar-refractivity contribution in [1.82, 2.24) is 10.2 Å². The number of hydrogen-bond donors (Lipinski definition) is 1. The number of hydrogen-bond acceptors (Lipinski definition) is 2. The summed E-state index contributed by atoms with van der Waals surface area (Å²) in [5, 5.41) is 2.95. The predicted molar refractivity (Wildman–Crippen MR) is 81.9 cm³/mol. The zero-order valence-electron chi connectivity index (χ0n) is 11.1. The Kier molecular flexibility index (Phi) is 5.37. The van der Waals surface area contributed by atoms with Crippen LogP contribution >= 0.6 is 31.9 Å². The molecule has 0 bridgehead atoms.